The van der Waals surface area contributed by atoms with Crippen LogP contribution in [0, 0.1) is 11.3 Å². The second kappa shape index (κ2) is 8.87. The Balaban J connectivity index is 1.23. The van der Waals surface area contributed by atoms with Gasteiger partial charge >= 0.3 is 5.97 Å². The van der Waals surface area contributed by atoms with Crippen LogP contribution in [0.3, 0.4) is 0 Å². The topological polar surface area (TPSA) is 123 Å². The average molecular weight is 484 g/mol. The summed E-state index contributed by atoms with van der Waals surface area (Å²) in [7, 11) is 0. The second-order valence-electron chi connectivity index (χ2n) is 9.18. The normalized spacial score (nSPS) is 23.9. The third-order valence-corrected chi connectivity index (χ3v) is 7.42. The highest BCUT2D eigenvalue weighted by Gasteiger charge is 2.66. The minimum Gasteiger partial charge on any atom is -0.481 e. The summed E-state index contributed by atoms with van der Waals surface area (Å²) >= 11 is 5.96. The highest BCUT2D eigenvalue weighted by molar-refractivity contribution is 6.30. The lowest BCUT2D eigenvalue weighted by Crippen LogP contribution is -2.35. The number of carbonyl (C=O) groups excluding carboxylic acids is 1. The summed E-state index contributed by atoms with van der Waals surface area (Å²) in [6.45, 7) is 2.24. The van der Waals surface area contributed by atoms with E-state index < -0.39 is 11.4 Å². The van der Waals surface area contributed by atoms with E-state index in [0.29, 0.717) is 28.8 Å². The lowest BCUT2D eigenvalue weighted by molar-refractivity contribution is -0.137. The van der Waals surface area contributed by atoms with Crippen LogP contribution < -0.4 is 5.32 Å². The number of aliphatic carboxylic acids is 1. The van der Waals surface area contributed by atoms with E-state index in [2.05, 4.69) is 20.6 Å². The molecule has 1 aromatic carbocycles. The van der Waals surface area contributed by atoms with Gasteiger partial charge in [0.05, 0.1) is 30.3 Å². The molecule has 2 aliphatic carbocycles. The number of benzene rings is 1. The molecule has 2 saturated carbocycles. The molecular weight excluding hydrogens is 458 g/mol. The third-order valence-electron chi connectivity index (χ3n) is 7.17. The number of halogens is 1. The number of rotatable bonds is 9. The Morgan fingerprint density at radius 2 is 2.15 bits per heavy atom. The first-order valence-corrected chi connectivity index (χ1v) is 11.9. The molecule has 0 spiro atoms. The Kier molecular flexibility index (Phi) is 5.89. The van der Waals surface area contributed by atoms with Crippen molar-refractivity contribution in [3.63, 3.8) is 0 Å². The molecule has 4 atom stereocenters. The molecule has 9 nitrogen and oxygen atoms in total. The molecule has 0 bridgehead atoms. The van der Waals surface area contributed by atoms with E-state index in [9.17, 15) is 14.7 Å². The molecule has 5 rings (SSSR count). The predicted octanol–water partition coefficient (Wildman–Crippen LogP) is 3.86. The SMILES string of the molecule is CCc1ncc(-c2cn([C@@H]3CC[C@]4(C(=O)NCC(CC(=O)O)c5ccc(Cl)cc5)C[C@H]34)nn2)o1. The highest BCUT2D eigenvalue weighted by Crippen LogP contribution is 2.67. The van der Waals surface area contributed by atoms with Crippen LogP contribution in [-0.4, -0.2) is 43.5 Å². The van der Waals surface area contributed by atoms with E-state index in [0.717, 1.165) is 24.8 Å². The van der Waals surface area contributed by atoms with Crippen molar-refractivity contribution in [3.8, 4) is 11.5 Å². The zero-order chi connectivity index (χ0) is 23.9. The van der Waals surface area contributed by atoms with Gasteiger partial charge in [0.2, 0.25) is 5.91 Å². The van der Waals surface area contributed by atoms with Gasteiger partial charge in [0.15, 0.2) is 11.7 Å². The number of fused-ring (bicyclic) bond motifs is 1. The van der Waals surface area contributed by atoms with Crippen molar-refractivity contribution in [2.24, 2.45) is 11.3 Å². The van der Waals surface area contributed by atoms with Gasteiger partial charge in [0.25, 0.3) is 0 Å². The number of aryl methyl sites for hydroxylation is 1. The Hall–Kier alpha value is -3.20. The monoisotopic (exact) mass is 483 g/mol. The zero-order valence-electron chi connectivity index (χ0n) is 18.8. The molecule has 0 aliphatic heterocycles. The lowest BCUT2D eigenvalue weighted by Gasteiger charge is -2.19. The molecule has 2 aromatic heterocycles. The van der Waals surface area contributed by atoms with Crippen LogP contribution in [-0.2, 0) is 16.0 Å². The molecule has 3 aromatic rings. The van der Waals surface area contributed by atoms with E-state index in [-0.39, 0.29) is 36.8 Å². The summed E-state index contributed by atoms with van der Waals surface area (Å²) in [4.78, 5) is 28.8. The van der Waals surface area contributed by atoms with Gasteiger partial charge in [-0.2, -0.15) is 0 Å². The van der Waals surface area contributed by atoms with Crippen LogP contribution in [0.1, 0.15) is 56.0 Å². The number of amides is 1. The number of carboxylic acid groups (broad SMARTS) is 1. The number of aromatic nitrogens is 4. The molecule has 2 heterocycles. The summed E-state index contributed by atoms with van der Waals surface area (Å²) in [6.07, 6.45) is 6.58. The van der Waals surface area contributed by atoms with Gasteiger partial charge in [-0.1, -0.05) is 35.9 Å². The van der Waals surface area contributed by atoms with Crippen LogP contribution >= 0.6 is 11.6 Å². The fourth-order valence-corrected chi connectivity index (χ4v) is 5.34. The maximum Gasteiger partial charge on any atom is 0.304 e. The van der Waals surface area contributed by atoms with E-state index in [1.54, 1.807) is 18.3 Å². The first-order chi connectivity index (χ1) is 16.4. The molecule has 178 valence electrons. The number of hydrogen-bond acceptors (Lipinski definition) is 6. The van der Waals surface area contributed by atoms with Gasteiger partial charge in [-0.3, -0.25) is 9.59 Å². The fraction of sp³-hybridized carbons (Fsp3) is 0.458. The summed E-state index contributed by atoms with van der Waals surface area (Å²) in [6, 6.07) is 7.20. The van der Waals surface area contributed by atoms with E-state index in [1.807, 2.05) is 29.9 Å². The number of carboxylic acids is 1. The van der Waals surface area contributed by atoms with Crippen LogP contribution in [0.25, 0.3) is 11.5 Å². The molecular formula is C24H26ClN5O4. The molecule has 0 radical (unpaired) electrons. The van der Waals surface area contributed by atoms with Gasteiger partial charge in [0, 0.05) is 23.9 Å². The summed E-state index contributed by atoms with van der Waals surface area (Å²) in [5.41, 5.74) is 1.07. The molecule has 2 N–H and O–H groups in total. The van der Waals surface area contributed by atoms with Crippen LogP contribution in [0.5, 0.6) is 0 Å². The minimum atomic E-state index is -0.905. The highest BCUT2D eigenvalue weighted by atomic mass is 35.5. The standard InChI is InChI=1S/C24H26ClN5O4/c1-2-21-26-12-20(34-21)18-13-30(29-28-18)19-7-8-24(10-17(19)24)23(33)27-11-15(9-22(31)32)14-3-5-16(25)6-4-14/h3-6,12-13,15,17,19H,2,7-11H2,1H3,(H,27,33)(H,31,32)/t15?,17-,19-,24+/m1/s1. The Morgan fingerprint density at radius 3 is 2.82 bits per heavy atom. The third kappa shape index (κ3) is 4.20. The molecule has 1 amide bonds. The quantitative estimate of drug-likeness (QED) is 0.473. The van der Waals surface area contributed by atoms with Crippen molar-refractivity contribution in [2.45, 2.75) is 51.0 Å². The lowest BCUT2D eigenvalue weighted by atomic mass is 9.95. The molecule has 2 aliphatic rings. The van der Waals surface area contributed by atoms with E-state index in [4.69, 9.17) is 16.0 Å². The molecule has 0 saturated heterocycles. The van der Waals surface area contributed by atoms with Crippen molar-refractivity contribution in [1.82, 2.24) is 25.3 Å². The first-order valence-electron chi connectivity index (χ1n) is 11.5. The smallest absolute Gasteiger partial charge is 0.304 e. The Labute approximate surface area is 201 Å². The predicted molar refractivity (Wildman–Crippen MR) is 123 cm³/mol. The zero-order valence-corrected chi connectivity index (χ0v) is 19.5. The van der Waals surface area contributed by atoms with Crippen molar-refractivity contribution >= 4 is 23.5 Å². The Bertz CT molecular complexity index is 1210. The van der Waals surface area contributed by atoms with Crippen LogP contribution in [0.2, 0.25) is 5.02 Å². The van der Waals surface area contributed by atoms with Crippen LogP contribution in [0.4, 0.5) is 0 Å². The minimum absolute atomic E-state index is 0.00693. The number of nitrogens with one attached hydrogen (secondary N) is 1. The van der Waals surface area contributed by atoms with Crippen molar-refractivity contribution < 1.29 is 19.1 Å². The van der Waals surface area contributed by atoms with Crippen LogP contribution in [0.15, 0.2) is 41.1 Å². The van der Waals surface area contributed by atoms with Gasteiger partial charge < -0.3 is 14.8 Å². The maximum atomic E-state index is 13.2. The number of oxazole rings is 1. The Morgan fingerprint density at radius 1 is 1.35 bits per heavy atom. The van der Waals surface area contributed by atoms with Crippen molar-refractivity contribution in [3.05, 3.63) is 53.1 Å². The van der Waals surface area contributed by atoms with Gasteiger partial charge in [-0.25, -0.2) is 9.67 Å². The fourth-order valence-electron chi connectivity index (χ4n) is 5.21. The van der Waals surface area contributed by atoms with E-state index >= 15 is 0 Å². The van der Waals surface area contributed by atoms with Gasteiger partial charge in [0.1, 0.15) is 5.69 Å². The summed E-state index contributed by atoms with van der Waals surface area (Å²) < 4.78 is 7.52. The molecule has 1 unspecified atom stereocenters. The summed E-state index contributed by atoms with van der Waals surface area (Å²) in [5, 5.41) is 21.5. The van der Waals surface area contributed by atoms with Crippen molar-refractivity contribution in [1.29, 1.82) is 0 Å². The van der Waals surface area contributed by atoms with Gasteiger partial charge in [-0.15, -0.1) is 5.10 Å². The van der Waals surface area contributed by atoms with Gasteiger partial charge in [-0.05, 0) is 42.9 Å². The summed E-state index contributed by atoms with van der Waals surface area (Å²) in [5.74, 6) is 0.203. The first kappa shape index (κ1) is 22.6. The molecule has 2 fully saturated rings. The second-order valence-corrected chi connectivity index (χ2v) is 9.62. The molecule has 10 heteroatoms. The largest absolute Gasteiger partial charge is 0.481 e. The maximum absolute atomic E-state index is 13.2. The number of carbonyl (C=O) groups is 2. The number of nitrogens with zero attached hydrogens (tertiary/aromatic N) is 4. The molecule has 34 heavy (non-hydrogen) atoms. The van der Waals surface area contributed by atoms with Crippen molar-refractivity contribution in [2.75, 3.05) is 6.54 Å². The number of hydrogen-bond donors (Lipinski definition) is 2. The average Bonchev–Trinajstić information content (AvgIpc) is 3.22. The van der Waals surface area contributed by atoms with E-state index in [1.165, 1.54) is 0 Å².